The first-order valence-corrected chi connectivity index (χ1v) is 32.0. The van der Waals surface area contributed by atoms with Gasteiger partial charge in [0.15, 0.2) is 0 Å². The Bertz CT molecular complexity index is 2620. The van der Waals surface area contributed by atoms with Gasteiger partial charge in [0, 0.05) is 61.7 Å². The minimum Gasteiger partial charge on any atom is -0.390 e. The van der Waals surface area contributed by atoms with Crippen molar-refractivity contribution in [1.82, 2.24) is 55.6 Å². The Morgan fingerprint density at radius 2 is 0.899 bits per heavy atom. The lowest BCUT2D eigenvalue weighted by Crippen LogP contribution is -2.63. The number of rotatable bonds is 14. The maximum Gasteiger partial charge on any atom is 0.246 e. The van der Waals surface area contributed by atoms with Gasteiger partial charge in [-0.2, -0.15) is 0 Å². The van der Waals surface area contributed by atoms with Gasteiger partial charge in [0.1, 0.15) is 60.4 Å². The number of aliphatic hydroxyl groups is 1. The molecule has 2 rings (SSSR count). The summed E-state index contributed by atoms with van der Waals surface area (Å²) in [4.78, 5) is 169. The molecular weight excluding hydrogens is 1140 g/mol. The molecule has 0 spiro atoms. The van der Waals surface area contributed by atoms with E-state index in [1.807, 2.05) is 55.4 Å². The highest BCUT2D eigenvalue weighted by atomic mass is 16.3. The van der Waals surface area contributed by atoms with Crippen molar-refractivity contribution in [3.63, 3.8) is 0 Å². The predicted molar refractivity (Wildman–Crippen MR) is 342 cm³/mol. The van der Waals surface area contributed by atoms with Crippen molar-refractivity contribution in [3.05, 3.63) is 0 Å². The zero-order chi connectivity index (χ0) is 68.4. The molecule has 0 aromatic heterocycles. The Hall–Kier alpha value is -6.75. The molecule has 1 heterocycles. The molecule has 2 aliphatic rings. The van der Waals surface area contributed by atoms with Crippen LogP contribution in [0.3, 0.4) is 0 Å². The van der Waals surface area contributed by atoms with Gasteiger partial charge >= 0.3 is 0 Å². The van der Waals surface area contributed by atoms with Gasteiger partial charge in [0.05, 0.1) is 12.6 Å². The van der Waals surface area contributed by atoms with Crippen LogP contribution in [-0.4, -0.2) is 227 Å². The molecule has 0 bridgehead atoms. The molecular formula is C66H111N11O12. The Balaban J connectivity index is 2.97. The van der Waals surface area contributed by atoms with E-state index in [9.17, 15) is 43.5 Å². The summed E-state index contributed by atoms with van der Waals surface area (Å²) in [5.74, 6) is 1.92. The number of carbonyl (C=O) groups is 11. The fourth-order valence-electron chi connectivity index (χ4n) is 10.9. The molecule has 1 aliphatic heterocycles. The summed E-state index contributed by atoms with van der Waals surface area (Å²) >= 11 is 0. The van der Waals surface area contributed by atoms with E-state index in [1.165, 1.54) is 87.7 Å². The number of carbonyl (C=O) groups excluding carboxylic acids is 11. The van der Waals surface area contributed by atoms with Crippen LogP contribution >= 0.6 is 0 Å². The molecule has 23 heteroatoms. The van der Waals surface area contributed by atoms with Gasteiger partial charge in [-0.05, 0) is 112 Å². The molecule has 5 N–H and O–H groups in total. The van der Waals surface area contributed by atoms with Crippen LogP contribution in [-0.2, 0) is 52.7 Å². The highest BCUT2D eigenvalue weighted by Gasteiger charge is 2.46. The van der Waals surface area contributed by atoms with Crippen molar-refractivity contribution in [2.24, 2.45) is 47.3 Å². The summed E-state index contributed by atoms with van der Waals surface area (Å²) in [5, 5.41) is 23.2. The number of hydrogen-bond acceptors (Lipinski definition) is 12. The van der Waals surface area contributed by atoms with Gasteiger partial charge in [-0.15, -0.1) is 0 Å². The Morgan fingerprint density at radius 1 is 0.461 bits per heavy atom. The van der Waals surface area contributed by atoms with E-state index in [1.54, 1.807) is 41.5 Å². The fraction of sp³-hybridized carbons (Fsp3) is 0.773. The van der Waals surface area contributed by atoms with Crippen LogP contribution < -0.4 is 21.3 Å². The van der Waals surface area contributed by atoms with Crippen LogP contribution in [0.4, 0.5) is 0 Å². The average Bonchev–Trinajstić information content (AvgIpc) is 3.74. The second-order valence-electron chi connectivity index (χ2n) is 27.3. The summed E-state index contributed by atoms with van der Waals surface area (Å²) < 4.78 is 0. The lowest BCUT2D eigenvalue weighted by atomic mass is 9.91. The summed E-state index contributed by atoms with van der Waals surface area (Å²) in [6.45, 7) is 27.4. The van der Waals surface area contributed by atoms with Crippen molar-refractivity contribution in [2.45, 2.75) is 229 Å². The van der Waals surface area contributed by atoms with Crippen molar-refractivity contribution in [2.75, 3.05) is 55.9 Å². The van der Waals surface area contributed by atoms with Crippen LogP contribution in [0.15, 0.2) is 0 Å². The van der Waals surface area contributed by atoms with Crippen LogP contribution in [0.5, 0.6) is 0 Å². The van der Waals surface area contributed by atoms with Gasteiger partial charge < -0.3 is 60.7 Å². The molecule has 1 aliphatic carbocycles. The molecule has 502 valence electrons. The van der Waals surface area contributed by atoms with Gasteiger partial charge in [0.25, 0.3) is 0 Å². The topological polar surface area (TPSA) is 279 Å². The van der Waals surface area contributed by atoms with Crippen molar-refractivity contribution < 1.29 is 57.8 Å². The lowest BCUT2D eigenvalue weighted by molar-refractivity contribution is -0.157. The van der Waals surface area contributed by atoms with Crippen LogP contribution in [0.2, 0.25) is 0 Å². The molecule has 1 saturated heterocycles. The zero-order valence-corrected chi connectivity index (χ0v) is 57.9. The Kier molecular flexibility index (Phi) is 31.3. The number of hydrogen-bond donors (Lipinski definition) is 5. The number of aliphatic hydroxyl groups excluding tert-OH is 1. The molecule has 2 fully saturated rings. The molecule has 0 aromatic carbocycles. The summed E-state index contributed by atoms with van der Waals surface area (Å²) in [6, 6.07) is -12.5. The third-order valence-electron chi connectivity index (χ3n) is 16.8. The molecule has 89 heavy (non-hydrogen) atoms. The zero-order valence-electron chi connectivity index (χ0n) is 57.9. The quantitative estimate of drug-likeness (QED) is 0.157. The molecule has 12 atom stereocenters. The highest BCUT2D eigenvalue weighted by molar-refractivity contribution is 5.99. The van der Waals surface area contributed by atoms with Gasteiger partial charge in [0.2, 0.25) is 65.0 Å². The molecule has 11 amide bonds. The third kappa shape index (κ3) is 22.6. The summed E-state index contributed by atoms with van der Waals surface area (Å²) in [5.41, 5.74) is 0. The molecule has 1 saturated carbocycles. The third-order valence-corrected chi connectivity index (χ3v) is 16.8. The molecule has 0 aromatic rings. The number of nitrogens with one attached hydrogen (secondary N) is 4. The maximum absolute atomic E-state index is 15.3. The second kappa shape index (κ2) is 35.6. The Morgan fingerprint density at radius 3 is 1.37 bits per heavy atom. The first kappa shape index (κ1) is 78.3. The Labute approximate surface area is 532 Å². The van der Waals surface area contributed by atoms with Crippen molar-refractivity contribution >= 4 is 65.0 Å². The molecule has 0 radical (unpaired) electrons. The van der Waals surface area contributed by atoms with Crippen LogP contribution in [0, 0.1) is 71.0 Å². The summed E-state index contributed by atoms with van der Waals surface area (Å²) in [7, 11) is 9.87. The van der Waals surface area contributed by atoms with E-state index in [-0.39, 0.29) is 62.2 Å². The smallest absolute Gasteiger partial charge is 0.246 e. The van der Waals surface area contributed by atoms with E-state index >= 15 is 14.4 Å². The van der Waals surface area contributed by atoms with Crippen molar-refractivity contribution in [3.8, 4) is 23.7 Å². The normalized spacial score (nSPS) is 26.6. The van der Waals surface area contributed by atoms with Crippen LogP contribution in [0.25, 0.3) is 0 Å². The number of amides is 11. The number of nitrogens with zero attached hydrogens (tertiary/aromatic N) is 7. The average molecular weight is 1250 g/mol. The predicted octanol–water partition coefficient (Wildman–Crippen LogP) is 3.11. The minimum absolute atomic E-state index is 0.00161. The standard InChI is InChI=1S/C66H111N11O12/c1-24-47-62(85)71(17)36-52(78)72(18)48(32-37(2)3)59(82)70-53(41(10)11)65(88)73(19)49(33-38(4)5)58(81)67-44(15)57(80)68-45(16)61(84)74(20)50(34-39(6)7)63(86)75(21)51(35-40(8)9)64(87)76(22)54(42(12)13)66(89)77(23)55(60(83)69-47)56(79)43(14)28-26-25-27-29-46-30-31-46/h37-51,53-56,79H,24,28,30-36H2,1-23H3,(H,67,81)(H,68,80)(H,69,83)(H,70,82)/t43-,44+,45-,47+,48+,49+,50+,51+,53+,54+,55+,56-/m1/s1. The van der Waals surface area contributed by atoms with E-state index in [4.69, 9.17) is 0 Å². The first-order chi connectivity index (χ1) is 41.2. The number of likely N-dealkylation sites (N-methyl/N-ethyl adjacent to an activating group) is 7. The van der Waals surface area contributed by atoms with E-state index in [0.717, 1.165) is 22.6 Å². The first-order valence-electron chi connectivity index (χ1n) is 32.0. The monoisotopic (exact) mass is 1250 g/mol. The van der Waals surface area contributed by atoms with E-state index < -0.39 is 156 Å². The highest BCUT2D eigenvalue weighted by Crippen LogP contribution is 2.28. The van der Waals surface area contributed by atoms with E-state index in [0.29, 0.717) is 5.92 Å². The van der Waals surface area contributed by atoms with E-state index in [2.05, 4.69) is 44.9 Å². The van der Waals surface area contributed by atoms with Gasteiger partial charge in [-0.25, -0.2) is 0 Å². The largest absolute Gasteiger partial charge is 0.390 e. The van der Waals surface area contributed by atoms with Gasteiger partial charge in [-0.1, -0.05) is 109 Å². The SMILES string of the molecule is CC[C@@H]1NC(=O)[C@H]([C@H](O)[C@H](C)CC#CC#CC2CC2)N(C)C(=O)[C@H](C(C)C)N(C)C(=O)[C@H](CC(C)C)N(C)C(=O)[C@H](CC(C)C)N(C)C(=O)[C@@H](C)NC(=O)[C@H](C)NC(=O)[C@H](CC(C)C)N(C)C(=O)[C@H](C(C)C)NC(=O)[C@H](CC(C)C)N(C)C(=O)CN(C)C1=O. The minimum atomic E-state index is -1.68. The van der Waals surface area contributed by atoms with Gasteiger partial charge in [-0.3, -0.25) is 52.7 Å². The summed E-state index contributed by atoms with van der Waals surface area (Å²) in [6.07, 6.45) is 1.05. The van der Waals surface area contributed by atoms with Crippen molar-refractivity contribution in [1.29, 1.82) is 0 Å². The molecule has 0 unspecified atom stereocenters. The molecule has 23 nitrogen and oxygen atoms in total. The van der Waals surface area contributed by atoms with Crippen LogP contribution in [0.1, 0.15) is 162 Å². The maximum atomic E-state index is 15.3. The fourth-order valence-corrected chi connectivity index (χ4v) is 10.9. The lowest BCUT2D eigenvalue weighted by Gasteiger charge is -2.41. The second-order valence-corrected chi connectivity index (χ2v) is 27.3.